The normalized spacial score (nSPS) is 17.0. The van der Waals surface area contributed by atoms with Gasteiger partial charge in [-0.15, -0.1) is 0 Å². The maximum Gasteiger partial charge on any atom is 0.308 e. The number of hydrogen-bond donors (Lipinski definition) is 2. The van der Waals surface area contributed by atoms with Crippen molar-refractivity contribution in [1.29, 1.82) is 0 Å². The largest absolute Gasteiger partial charge is 0.481 e. The molecule has 2 N–H and O–H groups in total. The molecule has 0 saturated carbocycles. The van der Waals surface area contributed by atoms with Crippen LogP contribution in [0.4, 0.5) is 4.39 Å². The van der Waals surface area contributed by atoms with Gasteiger partial charge in [0.2, 0.25) is 0 Å². The molecule has 1 unspecified atom stereocenters. The lowest BCUT2D eigenvalue weighted by Gasteiger charge is -2.27. The summed E-state index contributed by atoms with van der Waals surface area (Å²) in [7, 11) is 0. The van der Waals surface area contributed by atoms with E-state index in [0.717, 1.165) is 18.4 Å². The highest BCUT2D eigenvalue weighted by Crippen LogP contribution is 2.24. The third-order valence-corrected chi connectivity index (χ3v) is 4.63. The van der Waals surface area contributed by atoms with Crippen LogP contribution in [-0.2, 0) is 16.1 Å². The Morgan fingerprint density at radius 3 is 2.92 bits per heavy atom. The minimum Gasteiger partial charge on any atom is -0.481 e. The van der Waals surface area contributed by atoms with E-state index in [1.807, 2.05) is 0 Å². The molecular formula is C18H21FN2O3. The second kappa shape index (κ2) is 7.68. The number of benzene rings is 1. The number of carboxylic acids is 1. The predicted octanol–water partition coefficient (Wildman–Crippen LogP) is 2.59. The first-order valence-corrected chi connectivity index (χ1v) is 8.20. The molecule has 0 amide bonds. The number of carboxylic acid groups (broad SMARTS) is 1. The van der Waals surface area contributed by atoms with Crippen molar-refractivity contribution in [3.05, 3.63) is 41.8 Å². The monoisotopic (exact) mass is 332 g/mol. The summed E-state index contributed by atoms with van der Waals surface area (Å²) in [4.78, 5) is 15.8. The Labute approximate surface area is 139 Å². The highest BCUT2D eigenvalue weighted by molar-refractivity contribution is 5.82. The van der Waals surface area contributed by atoms with Crippen molar-refractivity contribution in [3.63, 3.8) is 0 Å². The summed E-state index contributed by atoms with van der Waals surface area (Å²) in [6.07, 6.45) is 3.19. The number of carbonyl (C=O) groups is 1. The summed E-state index contributed by atoms with van der Waals surface area (Å²) in [6.45, 7) is 2.09. The minimum atomic E-state index is -0.781. The van der Waals surface area contributed by atoms with E-state index in [9.17, 15) is 14.3 Å². The molecule has 1 saturated heterocycles. The van der Waals surface area contributed by atoms with Gasteiger partial charge in [-0.05, 0) is 42.5 Å². The average molecular weight is 332 g/mol. The van der Waals surface area contributed by atoms with Gasteiger partial charge in [-0.25, -0.2) is 4.39 Å². The molecular weight excluding hydrogens is 311 g/mol. The molecule has 3 rings (SSSR count). The maximum atomic E-state index is 13.8. The third-order valence-electron chi connectivity index (χ3n) is 4.63. The van der Waals surface area contributed by atoms with Gasteiger partial charge in [0.25, 0.3) is 0 Å². The number of pyridine rings is 1. The number of aromatic nitrogens is 1. The van der Waals surface area contributed by atoms with Crippen LogP contribution in [0.15, 0.2) is 30.5 Å². The zero-order valence-electron chi connectivity index (χ0n) is 13.4. The molecule has 0 radical (unpaired) electrons. The Kier molecular flexibility index (Phi) is 5.37. The van der Waals surface area contributed by atoms with Gasteiger partial charge in [0.15, 0.2) is 0 Å². The summed E-state index contributed by atoms with van der Waals surface area (Å²) in [6, 6.07) is 6.52. The van der Waals surface area contributed by atoms with Crippen LogP contribution in [0.2, 0.25) is 0 Å². The number of ether oxygens (including phenoxy) is 1. The maximum absolute atomic E-state index is 13.8. The van der Waals surface area contributed by atoms with Crippen molar-refractivity contribution in [2.45, 2.75) is 19.4 Å². The molecule has 0 bridgehead atoms. The molecule has 1 aromatic heterocycles. The fourth-order valence-corrected chi connectivity index (χ4v) is 3.28. The highest BCUT2D eigenvalue weighted by atomic mass is 19.1. The smallest absolute Gasteiger partial charge is 0.308 e. The number of nitrogens with one attached hydrogen (secondary N) is 1. The van der Waals surface area contributed by atoms with Crippen LogP contribution in [0.25, 0.3) is 10.9 Å². The quantitative estimate of drug-likeness (QED) is 0.851. The van der Waals surface area contributed by atoms with Crippen LogP contribution in [0.5, 0.6) is 0 Å². The fourth-order valence-electron chi connectivity index (χ4n) is 3.28. The van der Waals surface area contributed by atoms with Crippen molar-refractivity contribution in [1.82, 2.24) is 10.3 Å². The molecule has 1 aromatic carbocycles. The van der Waals surface area contributed by atoms with Crippen molar-refractivity contribution in [3.8, 4) is 0 Å². The van der Waals surface area contributed by atoms with Crippen LogP contribution in [0.1, 0.15) is 18.4 Å². The molecule has 2 aromatic rings. The van der Waals surface area contributed by atoms with E-state index in [2.05, 4.69) is 10.3 Å². The summed E-state index contributed by atoms with van der Waals surface area (Å²) >= 11 is 0. The van der Waals surface area contributed by atoms with Crippen LogP contribution < -0.4 is 5.32 Å². The number of aliphatic carboxylic acids is 1. The summed E-state index contributed by atoms with van der Waals surface area (Å²) in [5, 5.41) is 13.2. The van der Waals surface area contributed by atoms with Gasteiger partial charge in [-0.2, -0.15) is 0 Å². The van der Waals surface area contributed by atoms with Crippen LogP contribution in [-0.4, -0.2) is 35.8 Å². The second-order valence-corrected chi connectivity index (χ2v) is 6.13. The fraction of sp³-hybridized carbons (Fsp3) is 0.444. The summed E-state index contributed by atoms with van der Waals surface area (Å²) in [5.74, 6) is -1.38. The van der Waals surface area contributed by atoms with Gasteiger partial charge < -0.3 is 15.2 Å². The first kappa shape index (κ1) is 16.8. The van der Waals surface area contributed by atoms with Crippen molar-refractivity contribution in [2.75, 3.05) is 19.8 Å². The van der Waals surface area contributed by atoms with Crippen LogP contribution in [0.3, 0.4) is 0 Å². The van der Waals surface area contributed by atoms with E-state index in [4.69, 9.17) is 4.74 Å². The molecule has 24 heavy (non-hydrogen) atoms. The van der Waals surface area contributed by atoms with E-state index in [0.29, 0.717) is 37.2 Å². The van der Waals surface area contributed by atoms with Crippen molar-refractivity contribution in [2.24, 2.45) is 11.8 Å². The standard InChI is InChI=1S/C18H21FN2O3/c19-16-4-3-13(17-14(16)2-1-7-21-17)10-20-11-15(18(22)23)12-5-8-24-9-6-12/h1-4,7,12,15,20H,5-6,8-11H2,(H,22,23). The Bertz CT molecular complexity index is 716. The van der Waals surface area contributed by atoms with Crippen LogP contribution in [0, 0.1) is 17.7 Å². The molecule has 0 spiro atoms. The van der Waals surface area contributed by atoms with Gasteiger partial charge in [0.1, 0.15) is 5.82 Å². The first-order valence-electron chi connectivity index (χ1n) is 8.20. The Morgan fingerprint density at radius 1 is 1.38 bits per heavy atom. The molecule has 0 aliphatic carbocycles. The molecule has 6 heteroatoms. The lowest BCUT2D eigenvalue weighted by Crippen LogP contribution is -2.36. The third kappa shape index (κ3) is 3.71. The SMILES string of the molecule is O=C(O)C(CNCc1ccc(F)c2cccnc12)C1CCOCC1. The Balaban J connectivity index is 1.67. The minimum absolute atomic E-state index is 0.131. The van der Waals surface area contributed by atoms with Gasteiger partial charge in [-0.3, -0.25) is 9.78 Å². The van der Waals surface area contributed by atoms with Gasteiger partial charge in [-0.1, -0.05) is 6.07 Å². The number of rotatable bonds is 6. The zero-order valence-corrected chi connectivity index (χ0v) is 13.4. The van der Waals surface area contributed by atoms with Crippen molar-refractivity contribution >= 4 is 16.9 Å². The highest BCUT2D eigenvalue weighted by Gasteiger charge is 2.29. The van der Waals surface area contributed by atoms with E-state index >= 15 is 0 Å². The molecule has 128 valence electrons. The van der Waals surface area contributed by atoms with E-state index in [-0.39, 0.29) is 11.7 Å². The summed E-state index contributed by atoms with van der Waals surface area (Å²) < 4.78 is 19.1. The zero-order chi connectivity index (χ0) is 16.9. The first-order chi connectivity index (χ1) is 11.7. The lowest BCUT2D eigenvalue weighted by molar-refractivity contribution is -0.144. The topological polar surface area (TPSA) is 71.5 Å². The second-order valence-electron chi connectivity index (χ2n) is 6.13. The number of hydrogen-bond acceptors (Lipinski definition) is 4. The lowest BCUT2D eigenvalue weighted by atomic mass is 9.86. The molecule has 5 nitrogen and oxygen atoms in total. The van der Waals surface area contributed by atoms with Crippen molar-refractivity contribution < 1.29 is 19.0 Å². The Morgan fingerprint density at radius 2 is 2.17 bits per heavy atom. The Hall–Kier alpha value is -2.05. The van der Waals surface area contributed by atoms with Gasteiger partial charge in [0.05, 0.1) is 11.4 Å². The van der Waals surface area contributed by atoms with Crippen LogP contribution >= 0.6 is 0 Å². The molecule has 1 fully saturated rings. The van der Waals surface area contributed by atoms with Gasteiger partial charge >= 0.3 is 5.97 Å². The predicted molar refractivity (Wildman–Crippen MR) is 88.1 cm³/mol. The van der Waals surface area contributed by atoms with E-state index in [1.165, 1.54) is 6.07 Å². The number of halogens is 1. The number of nitrogens with zero attached hydrogens (tertiary/aromatic N) is 1. The van der Waals surface area contributed by atoms with E-state index < -0.39 is 11.9 Å². The van der Waals surface area contributed by atoms with E-state index in [1.54, 1.807) is 24.4 Å². The molecule has 1 aliphatic heterocycles. The molecule has 1 atom stereocenters. The molecule has 1 aliphatic rings. The number of fused-ring (bicyclic) bond motifs is 1. The van der Waals surface area contributed by atoms with Gasteiger partial charge in [0, 0.05) is 37.9 Å². The average Bonchev–Trinajstić information content (AvgIpc) is 2.61. The summed E-state index contributed by atoms with van der Waals surface area (Å²) in [5.41, 5.74) is 1.48. The molecule has 2 heterocycles.